The number of rotatable bonds is 6. The number of halogens is 1. The van der Waals surface area contributed by atoms with E-state index < -0.39 is 17.0 Å². The van der Waals surface area contributed by atoms with Crippen molar-refractivity contribution in [2.75, 3.05) is 0 Å². The minimum atomic E-state index is -0.441. The zero-order valence-electron chi connectivity index (χ0n) is 16.0. The normalized spacial score (nSPS) is 15.1. The summed E-state index contributed by atoms with van der Waals surface area (Å²) in [4.78, 5) is 26.4. The maximum atomic E-state index is 13.9. The van der Waals surface area contributed by atoms with E-state index in [1.807, 2.05) is 54.6 Å². The number of hydrogen-bond donors (Lipinski definition) is 0. The van der Waals surface area contributed by atoms with Gasteiger partial charge in [0.25, 0.3) is 11.1 Å². The molecule has 3 aromatic rings. The van der Waals surface area contributed by atoms with Crippen molar-refractivity contribution in [2.45, 2.75) is 13.2 Å². The molecule has 0 unspecified atom stereocenters. The van der Waals surface area contributed by atoms with E-state index in [9.17, 15) is 14.0 Å². The molecule has 0 spiro atoms. The predicted molar refractivity (Wildman–Crippen MR) is 115 cm³/mol. The molecule has 0 aliphatic carbocycles. The molecule has 0 N–H and O–H groups in total. The van der Waals surface area contributed by atoms with E-state index in [4.69, 9.17) is 4.74 Å². The summed E-state index contributed by atoms with van der Waals surface area (Å²) in [5.74, 6) is -0.203. The average Bonchev–Trinajstić information content (AvgIpc) is 3.02. The van der Waals surface area contributed by atoms with Gasteiger partial charge in [0.2, 0.25) is 0 Å². The van der Waals surface area contributed by atoms with Crippen LogP contribution in [0.1, 0.15) is 16.7 Å². The van der Waals surface area contributed by atoms with Crippen LogP contribution < -0.4 is 4.74 Å². The van der Waals surface area contributed by atoms with E-state index in [0.29, 0.717) is 22.8 Å². The molecule has 4 nitrogen and oxygen atoms in total. The highest BCUT2D eigenvalue weighted by molar-refractivity contribution is 8.18. The second-order valence-electron chi connectivity index (χ2n) is 6.71. The summed E-state index contributed by atoms with van der Waals surface area (Å²) < 4.78 is 19.7. The first kappa shape index (κ1) is 19.9. The van der Waals surface area contributed by atoms with Gasteiger partial charge in [0.1, 0.15) is 18.2 Å². The molecule has 0 aromatic heterocycles. The molecule has 1 aliphatic rings. The number of imide groups is 1. The second-order valence-corrected chi connectivity index (χ2v) is 7.70. The highest BCUT2D eigenvalue weighted by Crippen LogP contribution is 2.34. The van der Waals surface area contributed by atoms with Crippen molar-refractivity contribution in [1.82, 2.24) is 4.90 Å². The molecule has 1 saturated heterocycles. The number of hydrogen-bond acceptors (Lipinski definition) is 4. The van der Waals surface area contributed by atoms with Gasteiger partial charge < -0.3 is 4.74 Å². The molecule has 1 aliphatic heterocycles. The SMILES string of the molecule is O=C1S/C(=C/c2cccc(OCc3ccccc3)c2)C(=O)N1Cc1ccccc1F. The Balaban J connectivity index is 1.47. The zero-order chi connectivity index (χ0) is 20.9. The van der Waals surface area contributed by atoms with Crippen molar-refractivity contribution in [3.63, 3.8) is 0 Å². The van der Waals surface area contributed by atoms with Gasteiger partial charge in [-0.3, -0.25) is 14.5 Å². The third-order valence-electron chi connectivity index (χ3n) is 4.56. The molecule has 30 heavy (non-hydrogen) atoms. The van der Waals surface area contributed by atoms with Crippen LogP contribution in [0.15, 0.2) is 83.8 Å². The lowest BCUT2D eigenvalue weighted by atomic mass is 10.2. The molecular weight excluding hydrogens is 401 g/mol. The third kappa shape index (κ3) is 4.60. The van der Waals surface area contributed by atoms with E-state index >= 15 is 0 Å². The first-order valence-corrected chi connectivity index (χ1v) is 10.2. The van der Waals surface area contributed by atoms with Crippen molar-refractivity contribution >= 4 is 29.0 Å². The lowest BCUT2D eigenvalue weighted by molar-refractivity contribution is -0.123. The summed E-state index contributed by atoms with van der Waals surface area (Å²) in [6.07, 6.45) is 1.65. The molecule has 3 aromatic carbocycles. The van der Waals surface area contributed by atoms with E-state index in [0.717, 1.165) is 27.8 Å². The van der Waals surface area contributed by atoms with Crippen LogP contribution in [0, 0.1) is 5.82 Å². The topological polar surface area (TPSA) is 46.6 Å². The predicted octanol–water partition coefficient (Wildman–Crippen LogP) is 5.64. The van der Waals surface area contributed by atoms with Gasteiger partial charge in [-0.2, -0.15) is 0 Å². The van der Waals surface area contributed by atoms with E-state index in [-0.39, 0.29) is 6.54 Å². The number of thioether (sulfide) groups is 1. The first-order chi connectivity index (χ1) is 14.6. The standard InChI is InChI=1S/C24H18FNO3S/c25-21-12-5-4-10-19(21)15-26-23(27)22(30-24(26)28)14-18-9-6-11-20(13-18)29-16-17-7-2-1-3-8-17/h1-14H,15-16H2/b22-14+. The highest BCUT2D eigenvalue weighted by Gasteiger charge is 2.35. The quantitative estimate of drug-likeness (QED) is 0.485. The monoisotopic (exact) mass is 419 g/mol. The number of ether oxygens (including phenoxy) is 1. The lowest BCUT2D eigenvalue weighted by Gasteiger charge is -2.12. The smallest absolute Gasteiger partial charge is 0.293 e. The molecule has 150 valence electrons. The zero-order valence-corrected chi connectivity index (χ0v) is 16.8. The van der Waals surface area contributed by atoms with E-state index in [1.165, 1.54) is 6.07 Å². The number of amides is 2. The molecular formula is C24H18FNO3S. The Bertz CT molecular complexity index is 1110. The Kier molecular flexibility index (Phi) is 5.95. The van der Waals surface area contributed by atoms with Gasteiger partial charge in [-0.1, -0.05) is 60.7 Å². The van der Waals surface area contributed by atoms with Crippen LogP contribution in [0.5, 0.6) is 5.75 Å². The fourth-order valence-electron chi connectivity index (χ4n) is 3.02. The van der Waals surface area contributed by atoms with Gasteiger partial charge in [0.15, 0.2) is 0 Å². The Morgan fingerprint density at radius 2 is 1.70 bits per heavy atom. The molecule has 6 heteroatoms. The fourth-order valence-corrected chi connectivity index (χ4v) is 3.86. The largest absolute Gasteiger partial charge is 0.489 e. The van der Waals surface area contributed by atoms with Gasteiger partial charge in [0.05, 0.1) is 11.4 Å². The van der Waals surface area contributed by atoms with E-state index in [1.54, 1.807) is 24.3 Å². The van der Waals surface area contributed by atoms with Gasteiger partial charge >= 0.3 is 0 Å². The summed E-state index contributed by atoms with van der Waals surface area (Å²) >= 11 is 0.853. The van der Waals surface area contributed by atoms with Crippen LogP contribution in [-0.2, 0) is 17.9 Å². The average molecular weight is 419 g/mol. The van der Waals surface area contributed by atoms with Crippen molar-refractivity contribution in [2.24, 2.45) is 0 Å². The van der Waals surface area contributed by atoms with Crippen molar-refractivity contribution in [1.29, 1.82) is 0 Å². The molecule has 0 radical (unpaired) electrons. The minimum absolute atomic E-state index is 0.0884. The van der Waals surface area contributed by atoms with Crippen LogP contribution in [0.4, 0.5) is 9.18 Å². The molecule has 1 heterocycles. The van der Waals surface area contributed by atoms with Crippen LogP contribution in [0.25, 0.3) is 6.08 Å². The minimum Gasteiger partial charge on any atom is -0.489 e. The van der Waals surface area contributed by atoms with Crippen LogP contribution in [0.3, 0.4) is 0 Å². The first-order valence-electron chi connectivity index (χ1n) is 9.36. The van der Waals surface area contributed by atoms with Gasteiger partial charge in [-0.15, -0.1) is 0 Å². The fraction of sp³-hybridized carbons (Fsp3) is 0.0833. The second kappa shape index (κ2) is 8.97. The van der Waals surface area contributed by atoms with E-state index in [2.05, 4.69) is 0 Å². The molecule has 4 rings (SSSR count). The Labute approximate surface area is 178 Å². The Morgan fingerprint density at radius 1 is 0.933 bits per heavy atom. The van der Waals surface area contributed by atoms with Crippen LogP contribution in [-0.4, -0.2) is 16.0 Å². The maximum Gasteiger partial charge on any atom is 0.293 e. The molecule has 1 fully saturated rings. The molecule has 0 bridgehead atoms. The third-order valence-corrected chi connectivity index (χ3v) is 5.47. The van der Waals surface area contributed by atoms with Crippen molar-refractivity contribution < 1.29 is 18.7 Å². The van der Waals surface area contributed by atoms with Gasteiger partial charge in [-0.05, 0) is 47.2 Å². The van der Waals surface area contributed by atoms with Crippen molar-refractivity contribution in [3.8, 4) is 5.75 Å². The molecule has 0 saturated carbocycles. The summed E-state index contributed by atoms with van der Waals surface area (Å²) in [5, 5.41) is -0.411. The molecule has 2 amide bonds. The number of nitrogens with zero attached hydrogens (tertiary/aromatic N) is 1. The summed E-state index contributed by atoms with van der Waals surface area (Å²) in [7, 11) is 0. The van der Waals surface area contributed by atoms with Gasteiger partial charge in [-0.25, -0.2) is 4.39 Å². The number of benzene rings is 3. The number of carbonyl (C=O) groups excluding carboxylic acids is 2. The maximum absolute atomic E-state index is 13.9. The molecule has 0 atom stereocenters. The summed E-state index contributed by atoms with van der Waals surface area (Å²) in [6.45, 7) is 0.346. The summed E-state index contributed by atoms with van der Waals surface area (Å²) in [5.41, 5.74) is 2.10. The summed E-state index contributed by atoms with van der Waals surface area (Å²) in [6, 6.07) is 23.2. The lowest BCUT2D eigenvalue weighted by Crippen LogP contribution is -2.27. The van der Waals surface area contributed by atoms with Crippen LogP contribution in [0.2, 0.25) is 0 Å². The van der Waals surface area contributed by atoms with Crippen molar-refractivity contribution in [3.05, 3.63) is 106 Å². The van der Waals surface area contributed by atoms with Crippen LogP contribution >= 0.6 is 11.8 Å². The Morgan fingerprint density at radius 3 is 2.50 bits per heavy atom. The Hall–Kier alpha value is -3.38. The number of carbonyl (C=O) groups is 2. The van der Waals surface area contributed by atoms with Gasteiger partial charge in [0, 0.05) is 5.56 Å². The highest BCUT2D eigenvalue weighted by atomic mass is 32.2.